The Balaban J connectivity index is 1.67. The molecule has 3 atom stereocenters. The SMILES string of the molecule is O=C(O)C1CC1C(=O)N1Cc2ccccc2CC1c1ccccc1. The van der Waals surface area contributed by atoms with E-state index in [1.54, 1.807) is 0 Å². The summed E-state index contributed by atoms with van der Waals surface area (Å²) in [5, 5.41) is 9.14. The molecule has 0 spiro atoms. The van der Waals surface area contributed by atoms with Gasteiger partial charge in [-0.3, -0.25) is 9.59 Å². The Morgan fingerprint density at radius 3 is 2.25 bits per heavy atom. The lowest BCUT2D eigenvalue weighted by Crippen LogP contribution is -2.40. The number of rotatable bonds is 3. The summed E-state index contributed by atoms with van der Waals surface area (Å²) in [5.41, 5.74) is 3.53. The summed E-state index contributed by atoms with van der Waals surface area (Å²) in [7, 11) is 0. The molecule has 3 unspecified atom stereocenters. The highest BCUT2D eigenvalue weighted by molar-refractivity contribution is 5.90. The number of amides is 1. The Kier molecular flexibility index (Phi) is 3.60. The highest BCUT2D eigenvalue weighted by Gasteiger charge is 2.51. The number of carboxylic acid groups (broad SMARTS) is 1. The summed E-state index contributed by atoms with van der Waals surface area (Å²) in [6.45, 7) is 0.553. The molecule has 2 aromatic rings. The Bertz CT molecular complexity index is 786. The van der Waals surface area contributed by atoms with Crippen LogP contribution in [0.1, 0.15) is 29.2 Å². The van der Waals surface area contributed by atoms with Gasteiger partial charge in [0.05, 0.1) is 17.9 Å². The highest BCUT2D eigenvalue weighted by Crippen LogP contribution is 2.43. The molecule has 1 fully saturated rings. The molecular weight excluding hydrogens is 302 g/mol. The van der Waals surface area contributed by atoms with Crippen LogP contribution in [-0.4, -0.2) is 21.9 Å². The summed E-state index contributed by atoms with van der Waals surface area (Å²) >= 11 is 0. The van der Waals surface area contributed by atoms with Crippen molar-refractivity contribution in [2.75, 3.05) is 0 Å². The lowest BCUT2D eigenvalue weighted by Gasteiger charge is -2.37. The van der Waals surface area contributed by atoms with Crippen molar-refractivity contribution in [3.05, 3.63) is 71.3 Å². The number of carbonyl (C=O) groups excluding carboxylic acids is 1. The van der Waals surface area contributed by atoms with Gasteiger partial charge in [-0.2, -0.15) is 0 Å². The van der Waals surface area contributed by atoms with Crippen LogP contribution in [0, 0.1) is 11.8 Å². The van der Waals surface area contributed by atoms with Crippen molar-refractivity contribution in [2.24, 2.45) is 11.8 Å². The van der Waals surface area contributed by atoms with E-state index in [0.29, 0.717) is 13.0 Å². The lowest BCUT2D eigenvalue weighted by atomic mass is 9.89. The molecule has 0 radical (unpaired) electrons. The van der Waals surface area contributed by atoms with Gasteiger partial charge < -0.3 is 10.0 Å². The molecule has 4 heteroatoms. The van der Waals surface area contributed by atoms with Gasteiger partial charge in [-0.05, 0) is 29.5 Å². The molecule has 1 heterocycles. The maximum Gasteiger partial charge on any atom is 0.307 e. The molecule has 24 heavy (non-hydrogen) atoms. The van der Waals surface area contributed by atoms with Crippen LogP contribution in [0.25, 0.3) is 0 Å². The molecule has 2 aliphatic rings. The third-order valence-electron chi connectivity index (χ3n) is 5.14. The van der Waals surface area contributed by atoms with E-state index >= 15 is 0 Å². The smallest absolute Gasteiger partial charge is 0.307 e. The number of fused-ring (bicyclic) bond motifs is 1. The van der Waals surface area contributed by atoms with Gasteiger partial charge in [0.2, 0.25) is 5.91 Å². The van der Waals surface area contributed by atoms with E-state index < -0.39 is 11.9 Å². The number of nitrogens with zero attached hydrogens (tertiary/aromatic N) is 1. The third kappa shape index (κ3) is 2.58. The average molecular weight is 321 g/mol. The van der Waals surface area contributed by atoms with Gasteiger partial charge in [-0.15, -0.1) is 0 Å². The van der Waals surface area contributed by atoms with E-state index in [1.807, 2.05) is 47.4 Å². The van der Waals surface area contributed by atoms with Crippen molar-refractivity contribution in [2.45, 2.75) is 25.4 Å². The molecule has 2 aromatic carbocycles. The first-order valence-electron chi connectivity index (χ1n) is 8.30. The molecule has 1 amide bonds. The normalized spacial score (nSPS) is 25.0. The molecule has 1 saturated carbocycles. The lowest BCUT2D eigenvalue weighted by molar-refractivity contribution is -0.143. The fourth-order valence-corrected chi connectivity index (χ4v) is 3.68. The monoisotopic (exact) mass is 321 g/mol. The molecular formula is C20H19NO3. The van der Waals surface area contributed by atoms with E-state index in [2.05, 4.69) is 12.1 Å². The molecule has 0 bridgehead atoms. The second-order valence-electron chi connectivity index (χ2n) is 6.65. The number of carboxylic acids is 1. The van der Waals surface area contributed by atoms with E-state index in [1.165, 1.54) is 5.56 Å². The number of benzene rings is 2. The predicted molar refractivity (Wildman–Crippen MR) is 89.1 cm³/mol. The Morgan fingerprint density at radius 2 is 1.58 bits per heavy atom. The van der Waals surface area contributed by atoms with Crippen LogP contribution in [0.5, 0.6) is 0 Å². The Morgan fingerprint density at radius 1 is 0.917 bits per heavy atom. The van der Waals surface area contributed by atoms with Gasteiger partial charge in [0, 0.05) is 6.54 Å². The van der Waals surface area contributed by atoms with Crippen molar-refractivity contribution < 1.29 is 14.7 Å². The fourth-order valence-electron chi connectivity index (χ4n) is 3.68. The molecule has 1 aliphatic heterocycles. The first-order valence-corrected chi connectivity index (χ1v) is 8.30. The average Bonchev–Trinajstić information content (AvgIpc) is 3.42. The summed E-state index contributed by atoms with van der Waals surface area (Å²) in [6, 6.07) is 18.2. The maximum absolute atomic E-state index is 12.9. The van der Waals surface area contributed by atoms with Crippen molar-refractivity contribution in [3.8, 4) is 0 Å². The van der Waals surface area contributed by atoms with E-state index in [9.17, 15) is 9.59 Å². The summed E-state index contributed by atoms with van der Waals surface area (Å²) < 4.78 is 0. The number of aliphatic carboxylic acids is 1. The predicted octanol–water partition coefficient (Wildman–Crippen LogP) is 3.03. The highest BCUT2D eigenvalue weighted by atomic mass is 16.4. The molecule has 1 N–H and O–H groups in total. The Labute approximate surface area is 140 Å². The second-order valence-corrected chi connectivity index (χ2v) is 6.65. The van der Waals surface area contributed by atoms with Gasteiger partial charge in [-0.1, -0.05) is 54.6 Å². The van der Waals surface area contributed by atoms with Crippen LogP contribution in [0.3, 0.4) is 0 Å². The van der Waals surface area contributed by atoms with E-state index in [-0.39, 0.29) is 17.9 Å². The first kappa shape index (κ1) is 14.9. The van der Waals surface area contributed by atoms with E-state index in [0.717, 1.165) is 17.5 Å². The topological polar surface area (TPSA) is 57.6 Å². The van der Waals surface area contributed by atoms with Crippen LogP contribution in [0.4, 0.5) is 0 Å². The standard InChI is InChI=1S/C20H19NO3/c22-19(16-11-17(16)20(23)24)21-12-15-9-5-4-8-14(15)10-18(21)13-6-2-1-3-7-13/h1-9,16-18H,10-12H2,(H,23,24). The zero-order valence-corrected chi connectivity index (χ0v) is 13.3. The quantitative estimate of drug-likeness (QED) is 0.945. The van der Waals surface area contributed by atoms with Crippen molar-refractivity contribution in [1.82, 2.24) is 4.90 Å². The van der Waals surface area contributed by atoms with Crippen LogP contribution in [0.2, 0.25) is 0 Å². The molecule has 1 aliphatic carbocycles. The van der Waals surface area contributed by atoms with Gasteiger partial charge in [0.25, 0.3) is 0 Å². The number of carbonyl (C=O) groups is 2. The summed E-state index contributed by atoms with van der Waals surface area (Å²) in [4.78, 5) is 25.9. The van der Waals surface area contributed by atoms with Crippen molar-refractivity contribution >= 4 is 11.9 Å². The largest absolute Gasteiger partial charge is 0.481 e. The molecule has 0 saturated heterocycles. The molecule has 0 aromatic heterocycles. The molecule has 4 rings (SSSR count). The van der Waals surface area contributed by atoms with Gasteiger partial charge in [0.1, 0.15) is 0 Å². The van der Waals surface area contributed by atoms with Crippen LogP contribution < -0.4 is 0 Å². The van der Waals surface area contributed by atoms with Crippen LogP contribution >= 0.6 is 0 Å². The zero-order chi connectivity index (χ0) is 16.7. The van der Waals surface area contributed by atoms with E-state index in [4.69, 9.17) is 5.11 Å². The Hall–Kier alpha value is -2.62. The first-order chi connectivity index (χ1) is 11.6. The van der Waals surface area contributed by atoms with Crippen molar-refractivity contribution in [3.63, 3.8) is 0 Å². The summed E-state index contributed by atoms with van der Waals surface area (Å²) in [5.74, 6) is -1.75. The number of hydrogen-bond donors (Lipinski definition) is 1. The zero-order valence-electron chi connectivity index (χ0n) is 13.3. The molecule has 122 valence electrons. The maximum atomic E-state index is 12.9. The summed E-state index contributed by atoms with van der Waals surface area (Å²) in [6.07, 6.45) is 1.24. The minimum absolute atomic E-state index is 0.0224. The van der Waals surface area contributed by atoms with Crippen molar-refractivity contribution in [1.29, 1.82) is 0 Å². The van der Waals surface area contributed by atoms with Gasteiger partial charge in [-0.25, -0.2) is 0 Å². The second kappa shape index (κ2) is 5.78. The third-order valence-corrected chi connectivity index (χ3v) is 5.14. The fraction of sp³-hybridized carbons (Fsp3) is 0.300. The van der Waals surface area contributed by atoms with Crippen LogP contribution in [0.15, 0.2) is 54.6 Å². The minimum atomic E-state index is -0.859. The van der Waals surface area contributed by atoms with Gasteiger partial charge >= 0.3 is 5.97 Å². The van der Waals surface area contributed by atoms with Crippen LogP contribution in [-0.2, 0) is 22.6 Å². The van der Waals surface area contributed by atoms with Gasteiger partial charge in [0.15, 0.2) is 0 Å². The minimum Gasteiger partial charge on any atom is -0.481 e. The number of hydrogen-bond acceptors (Lipinski definition) is 2. The molecule has 4 nitrogen and oxygen atoms in total.